The molecular weight excluding hydrogens is 292 g/mol. The lowest BCUT2D eigenvalue weighted by Gasteiger charge is -2.33. The van der Waals surface area contributed by atoms with Gasteiger partial charge in [-0.25, -0.2) is 4.98 Å². The molecule has 1 fully saturated rings. The number of carboxylic acid groups (broad SMARTS) is 1. The second kappa shape index (κ2) is 7.41. The summed E-state index contributed by atoms with van der Waals surface area (Å²) in [5.74, 6) is -0.704. The third-order valence-corrected chi connectivity index (χ3v) is 5.94. The van der Waals surface area contributed by atoms with Crippen LogP contribution in [0, 0.1) is 0 Å². The Morgan fingerprint density at radius 2 is 2.25 bits per heavy atom. The molecule has 1 aliphatic rings. The maximum absolute atomic E-state index is 10.8. The first-order valence-electron chi connectivity index (χ1n) is 7.10. The molecule has 1 N–H and O–H groups in total. The van der Waals surface area contributed by atoms with E-state index in [0.717, 1.165) is 11.6 Å². The molecule has 0 aliphatic heterocycles. The van der Waals surface area contributed by atoms with Gasteiger partial charge in [0.15, 0.2) is 5.16 Å². The molecule has 1 aromatic rings. The summed E-state index contributed by atoms with van der Waals surface area (Å²) in [6.07, 6.45) is 10.0. The maximum atomic E-state index is 10.8. The molecule has 0 radical (unpaired) electrons. The minimum Gasteiger partial charge on any atom is -0.481 e. The smallest absolute Gasteiger partial charge is 0.313 e. The molecule has 0 spiro atoms. The van der Waals surface area contributed by atoms with Crippen LogP contribution in [0.3, 0.4) is 0 Å². The minimum absolute atomic E-state index is 0.0802. The number of hydrogen-bond acceptors (Lipinski definition) is 4. The summed E-state index contributed by atoms with van der Waals surface area (Å²) in [4.78, 5) is 15.3. The van der Waals surface area contributed by atoms with E-state index in [1.165, 1.54) is 43.1 Å². The number of aromatic nitrogens is 2. The molecule has 4 nitrogen and oxygen atoms in total. The molecule has 0 bridgehead atoms. The average Bonchev–Trinajstić information content (AvgIpc) is 2.87. The Morgan fingerprint density at radius 3 is 2.90 bits per heavy atom. The van der Waals surface area contributed by atoms with E-state index >= 15 is 0 Å². The van der Waals surface area contributed by atoms with Gasteiger partial charge in [0, 0.05) is 23.2 Å². The molecule has 1 heterocycles. The van der Waals surface area contributed by atoms with Crippen LogP contribution < -0.4 is 0 Å². The zero-order valence-electron chi connectivity index (χ0n) is 12.0. The lowest BCUT2D eigenvalue weighted by molar-refractivity contribution is -0.133. The van der Waals surface area contributed by atoms with Gasteiger partial charge in [0.25, 0.3) is 0 Å². The molecule has 6 heteroatoms. The quantitative estimate of drug-likeness (QED) is 0.815. The third kappa shape index (κ3) is 3.52. The van der Waals surface area contributed by atoms with Crippen molar-refractivity contribution in [3.05, 3.63) is 11.9 Å². The van der Waals surface area contributed by atoms with Gasteiger partial charge in [-0.05, 0) is 25.5 Å². The van der Waals surface area contributed by atoms with Crippen LogP contribution in [-0.2, 0) is 11.2 Å². The van der Waals surface area contributed by atoms with Crippen molar-refractivity contribution in [3.63, 3.8) is 0 Å². The highest BCUT2D eigenvalue weighted by atomic mass is 32.2. The number of nitrogens with zero attached hydrogens (tertiary/aromatic N) is 2. The summed E-state index contributed by atoms with van der Waals surface area (Å²) in [6.45, 7) is 2.13. The molecule has 1 aliphatic carbocycles. The van der Waals surface area contributed by atoms with Crippen LogP contribution in [0.1, 0.15) is 44.3 Å². The number of carboxylic acids is 1. The molecule has 0 saturated heterocycles. The standard InChI is InChI=1S/C14H22N2O2S2/c1-3-10-8-15-14(20-9-13(17)18)16(10)11-6-4-5-7-12(11)19-2/h8,11-12H,3-7,9H2,1-2H3,(H,17,18). The summed E-state index contributed by atoms with van der Waals surface area (Å²) in [5, 5.41) is 10.4. The van der Waals surface area contributed by atoms with E-state index in [9.17, 15) is 4.79 Å². The summed E-state index contributed by atoms with van der Waals surface area (Å²) in [7, 11) is 0. The lowest BCUT2D eigenvalue weighted by atomic mass is 9.94. The van der Waals surface area contributed by atoms with Gasteiger partial charge in [0.2, 0.25) is 0 Å². The van der Waals surface area contributed by atoms with E-state index < -0.39 is 5.97 Å². The number of rotatable bonds is 6. The van der Waals surface area contributed by atoms with Crippen molar-refractivity contribution in [2.24, 2.45) is 0 Å². The van der Waals surface area contributed by atoms with Crippen LogP contribution in [0.2, 0.25) is 0 Å². The van der Waals surface area contributed by atoms with Gasteiger partial charge in [-0.15, -0.1) is 0 Å². The second-order valence-corrected chi connectivity index (χ2v) is 7.08. The maximum Gasteiger partial charge on any atom is 0.313 e. The fourth-order valence-corrected chi connectivity index (χ4v) is 4.62. The third-order valence-electron chi connectivity index (χ3n) is 3.83. The van der Waals surface area contributed by atoms with Gasteiger partial charge >= 0.3 is 5.97 Å². The van der Waals surface area contributed by atoms with E-state index in [-0.39, 0.29) is 5.75 Å². The summed E-state index contributed by atoms with van der Waals surface area (Å²) >= 11 is 3.27. The predicted octanol–water partition coefficient (Wildman–Crippen LogP) is 3.47. The molecule has 0 amide bonds. The number of carbonyl (C=O) groups is 1. The zero-order valence-corrected chi connectivity index (χ0v) is 13.7. The number of thioether (sulfide) groups is 2. The van der Waals surface area contributed by atoms with Crippen molar-refractivity contribution in [1.29, 1.82) is 0 Å². The van der Waals surface area contributed by atoms with Gasteiger partial charge in [0.05, 0.1) is 5.75 Å². The Labute approximate surface area is 128 Å². The van der Waals surface area contributed by atoms with Crippen molar-refractivity contribution >= 4 is 29.5 Å². The molecule has 1 aromatic heterocycles. The van der Waals surface area contributed by atoms with E-state index in [1.54, 1.807) is 0 Å². The molecule has 2 unspecified atom stereocenters. The Hall–Kier alpha value is -0.620. The highest BCUT2D eigenvalue weighted by molar-refractivity contribution is 7.99. The summed E-state index contributed by atoms with van der Waals surface area (Å²) < 4.78 is 2.31. The van der Waals surface area contributed by atoms with E-state index in [4.69, 9.17) is 5.11 Å². The molecule has 2 atom stereocenters. The highest BCUT2D eigenvalue weighted by Gasteiger charge is 2.29. The summed E-state index contributed by atoms with van der Waals surface area (Å²) in [5.41, 5.74) is 1.23. The van der Waals surface area contributed by atoms with Gasteiger partial charge in [-0.3, -0.25) is 4.79 Å². The normalized spacial score (nSPS) is 22.9. The number of hydrogen-bond donors (Lipinski definition) is 1. The van der Waals surface area contributed by atoms with E-state index in [1.807, 2.05) is 18.0 Å². The Bertz CT molecular complexity index is 462. The van der Waals surface area contributed by atoms with Crippen LogP contribution >= 0.6 is 23.5 Å². The summed E-state index contributed by atoms with van der Waals surface area (Å²) in [6, 6.07) is 0.465. The number of aryl methyl sites for hydroxylation is 1. The lowest BCUT2D eigenvalue weighted by Crippen LogP contribution is -2.27. The molecule has 1 saturated carbocycles. The van der Waals surface area contributed by atoms with E-state index in [2.05, 4.69) is 22.7 Å². The molecule has 112 valence electrons. The Balaban J connectivity index is 2.26. The van der Waals surface area contributed by atoms with Crippen LogP contribution in [-0.4, -0.2) is 37.9 Å². The largest absolute Gasteiger partial charge is 0.481 e. The second-order valence-electron chi connectivity index (χ2n) is 5.06. The van der Waals surface area contributed by atoms with Crippen LogP contribution in [0.4, 0.5) is 0 Å². The molecular formula is C14H22N2O2S2. The Kier molecular flexibility index (Phi) is 5.84. The van der Waals surface area contributed by atoms with Gasteiger partial charge in [0.1, 0.15) is 0 Å². The SMILES string of the molecule is CCc1cnc(SCC(=O)O)n1C1CCCCC1SC. The van der Waals surface area contributed by atoms with Crippen molar-refractivity contribution in [2.75, 3.05) is 12.0 Å². The van der Waals surface area contributed by atoms with Gasteiger partial charge in [-0.2, -0.15) is 11.8 Å². The van der Waals surface area contributed by atoms with Crippen molar-refractivity contribution in [2.45, 2.75) is 55.5 Å². The van der Waals surface area contributed by atoms with Crippen LogP contribution in [0.5, 0.6) is 0 Å². The zero-order chi connectivity index (χ0) is 14.5. The molecule has 2 rings (SSSR count). The van der Waals surface area contributed by atoms with Crippen molar-refractivity contribution < 1.29 is 9.90 Å². The van der Waals surface area contributed by atoms with Crippen molar-refractivity contribution in [1.82, 2.24) is 9.55 Å². The van der Waals surface area contributed by atoms with Crippen LogP contribution in [0.15, 0.2) is 11.4 Å². The Morgan fingerprint density at radius 1 is 1.50 bits per heavy atom. The number of imidazole rings is 1. The van der Waals surface area contributed by atoms with Gasteiger partial charge in [-0.1, -0.05) is 31.5 Å². The monoisotopic (exact) mass is 314 g/mol. The highest BCUT2D eigenvalue weighted by Crippen LogP contribution is 2.38. The fraction of sp³-hybridized carbons (Fsp3) is 0.714. The average molecular weight is 314 g/mol. The molecule has 20 heavy (non-hydrogen) atoms. The topological polar surface area (TPSA) is 55.1 Å². The fourth-order valence-electron chi connectivity index (χ4n) is 2.87. The minimum atomic E-state index is -0.785. The first kappa shape index (κ1) is 15.8. The predicted molar refractivity (Wildman–Crippen MR) is 84.8 cm³/mol. The van der Waals surface area contributed by atoms with E-state index in [0.29, 0.717) is 11.3 Å². The first-order valence-corrected chi connectivity index (χ1v) is 9.38. The van der Waals surface area contributed by atoms with Crippen LogP contribution in [0.25, 0.3) is 0 Å². The molecule has 0 aromatic carbocycles. The number of aliphatic carboxylic acids is 1. The van der Waals surface area contributed by atoms with Gasteiger partial charge < -0.3 is 9.67 Å². The first-order chi connectivity index (χ1) is 9.67. The van der Waals surface area contributed by atoms with Crippen molar-refractivity contribution in [3.8, 4) is 0 Å².